The number of hydrogen-bond donors (Lipinski definition) is 3. The summed E-state index contributed by atoms with van der Waals surface area (Å²) in [6.45, 7) is 0.873. The van der Waals surface area contributed by atoms with E-state index in [9.17, 15) is 4.79 Å². The lowest BCUT2D eigenvalue weighted by atomic mass is 10.1. The largest absolute Gasteiger partial charge is 0.487 e. The Labute approximate surface area is 140 Å². The lowest BCUT2D eigenvalue weighted by molar-refractivity contribution is 0.233. The zero-order valence-corrected chi connectivity index (χ0v) is 13.3. The fraction of sp³-hybridized carbons (Fsp3) is 0.235. The third-order valence-electron chi connectivity index (χ3n) is 3.17. The Kier molecular flexibility index (Phi) is 6.72. The second-order valence-corrected chi connectivity index (χ2v) is 5.23. The van der Waals surface area contributed by atoms with Gasteiger partial charge in [-0.2, -0.15) is 0 Å². The van der Waals surface area contributed by atoms with Gasteiger partial charge in [0.15, 0.2) is 0 Å². The molecule has 23 heavy (non-hydrogen) atoms. The van der Waals surface area contributed by atoms with Gasteiger partial charge >= 0.3 is 6.03 Å². The highest BCUT2D eigenvalue weighted by atomic mass is 35.5. The average molecular weight is 335 g/mol. The number of nitrogens with one attached hydrogen (secondary N) is 2. The van der Waals surface area contributed by atoms with Crippen molar-refractivity contribution in [3.05, 3.63) is 64.7 Å². The van der Waals surface area contributed by atoms with Crippen molar-refractivity contribution in [2.24, 2.45) is 0 Å². The molecule has 0 fully saturated rings. The highest BCUT2D eigenvalue weighted by Crippen LogP contribution is 2.24. The van der Waals surface area contributed by atoms with Crippen LogP contribution in [0.25, 0.3) is 0 Å². The number of urea groups is 1. The van der Waals surface area contributed by atoms with Gasteiger partial charge in [-0.1, -0.05) is 48.0 Å². The highest BCUT2D eigenvalue weighted by Gasteiger charge is 2.06. The topological polar surface area (TPSA) is 70.6 Å². The summed E-state index contributed by atoms with van der Waals surface area (Å²) in [5.41, 5.74) is 1.92. The summed E-state index contributed by atoms with van der Waals surface area (Å²) in [7, 11) is 0. The molecule has 2 aromatic carbocycles. The first-order valence-electron chi connectivity index (χ1n) is 7.27. The number of ether oxygens (including phenoxy) is 1. The summed E-state index contributed by atoms with van der Waals surface area (Å²) in [6, 6.07) is 14.7. The van der Waals surface area contributed by atoms with Crippen molar-refractivity contribution < 1.29 is 14.6 Å². The van der Waals surface area contributed by atoms with Crippen molar-refractivity contribution >= 4 is 17.6 Å². The molecular weight excluding hydrogens is 316 g/mol. The van der Waals surface area contributed by atoms with Crippen LogP contribution in [0.1, 0.15) is 11.1 Å². The molecule has 0 aliphatic heterocycles. The van der Waals surface area contributed by atoms with E-state index in [4.69, 9.17) is 21.4 Å². The van der Waals surface area contributed by atoms with Gasteiger partial charge in [0.25, 0.3) is 0 Å². The Hall–Kier alpha value is -2.24. The number of halogens is 1. The van der Waals surface area contributed by atoms with Crippen molar-refractivity contribution in [2.75, 3.05) is 13.2 Å². The van der Waals surface area contributed by atoms with E-state index >= 15 is 0 Å². The van der Waals surface area contributed by atoms with Crippen molar-refractivity contribution in [2.45, 2.75) is 13.2 Å². The molecule has 0 heterocycles. The van der Waals surface area contributed by atoms with E-state index in [0.717, 1.165) is 11.1 Å². The number of rotatable bonds is 7. The maximum absolute atomic E-state index is 11.5. The highest BCUT2D eigenvalue weighted by molar-refractivity contribution is 6.32. The molecule has 0 radical (unpaired) electrons. The second kappa shape index (κ2) is 9.02. The summed E-state index contributed by atoms with van der Waals surface area (Å²) >= 11 is 6.07. The van der Waals surface area contributed by atoms with Gasteiger partial charge in [0.1, 0.15) is 12.4 Å². The summed E-state index contributed by atoms with van der Waals surface area (Å²) in [4.78, 5) is 11.5. The second-order valence-electron chi connectivity index (χ2n) is 4.82. The Bertz CT molecular complexity index is 649. The lowest BCUT2D eigenvalue weighted by Gasteiger charge is -2.13. The smallest absolute Gasteiger partial charge is 0.315 e. The van der Waals surface area contributed by atoms with Crippen LogP contribution in [-0.2, 0) is 13.2 Å². The maximum atomic E-state index is 11.5. The molecule has 0 aliphatic carbocycles. The van der Waals surface area contributed by atoms with Crippen LogP contribution in [0.5, 0.6) is 5.75 Å². The van der Waals surface area contributed by atoms with Crippen LogP contribution in [-0.4, -0.2) is 24.3 Å². The Morgan fingerprint density at radius 3 is 2.48 bits per heavy atom. The average Bonchev–Trinajstić information content (AvgIpc) is 2.58. The van der Waals surface area contributed by atoms with Crippen molar-refractivity contribution in [1.29, 1.82) is 0 Å². The van der Waals surface area contributed by atoms with Crippen LogP contribution in [0, 0.1) is 0 Å². The van der Waals surface area contributed by atoms with Crippen LogP contribution in [0.3, 0.4) is 0 Å². The number of carbonyl (C=O) groups excluding carboxylic acids is 1. The number of hydrogen-bond acceptors (Lipinski definition) is 3. The maximum Gasteiger partial charge on any atom is 0.315 e. The number of amides is 2. The first-order valence-corrected chi connectivity index (χ1v) is 7.65. The van der Waals surface area contributed by atoms with E-state index in [1.807, 2.05) is 42.5 Å². The Morgan fingerprint density at radius 2 is 1.74 bits per heavy atom. The predicted octanol–water partition coefficient (Wildman–Crippen LogP) is 2.71. The van der Waals surface area contributed by atoms with Gasteiger partial charge in [0.2, 0.25) is 0 Å². The van der Waals surface area contributed by atoms with Crippen molar-refractivity contribution in [3.8, 4) is 5.75 Å². The Balaban J connectivity index is 1.95. The molecule has 0 spiro atoms. The third kappa shape index (κ3) is 5.47. The number of aliphatic hydroxyl groups excluding tert-OH is 1. The van der Waals surface area contributed by atoms with Crippen LogP contribution in [0.15, 0.2) is 48.5 Å². The van der Waals surface area contributed by atoms with Gasteiger partial charge in [0.05, 0.1) is 11.6 Å². The quantitative estimate of drug-likeness (QED) is 0.729. The number of aliphatic hydroxyl groups is 1. The first kappa shape index (κ1) is 17.1. The van der Waals surface area contributed by atoms with Crippen LogP contribution >= 0.6 is 11.6 Å². The zero-order valence-electron chi connectivity index (χ0n) is 12.6. The summed E-state index contributed by atoms with van der Waals surface area (Å²) < 4.78 is 5.74. The van der Waals surface area contributed by atoms with E-state index in [2.05, 4.69) is 10.6 Å². The van der Waals surface area contributed by atoms with Gasteiger partial charge in [0, 0.05) is 13.1 Å². The van der Waals surface area contributed by atoms with Gasteiger partial charge < -0.3 is 20.5 Å². The normalized spacial score (nSPS) is 10.2. The fourth-order valence-electron chi connectivity index (χ4n) is 2.00. The monoisotopic (exact) mass is 334 g/mol. The zero-order chi connectivity index (χ0) is 16.5. The molecule has 122 valence electrons. The van der Waals surface area contributed by atoms with E-state index < -0.39 is 0 Å². The minimum absolute atomic E-state index is 0.0876. The molecule has 6 heteroatoms. The van der Waals surface area contributed by atoms with Gasteiger partial charge in [-0.05, 0) is 23.3 Å². The molecule has 0 unspecified atom stereocenters. The summed E-state index contributed by atoms with van der Waals surface area (Å²) in [5, 5.41) is 14.5. The molecule has 2 rings (SSSR count). The van der Waals surface area contributed by atoms with Crippen LogP contribution < -0.4 is 15.4 Å². The fourth-order valence-corrected chi connectivity index (χ4v) is 2.19. The molecule has 0 aliphatic rings. The molecule has 0 saturated carbocycles. The lowest BCUT2D eigenvalue weighted by Crippen LogP contribution is -2.36. The summed E-state index contributed by atoms with van der Waals surface area (Å²) in [5.74, 6) is 0.623. The first-order chi connectivity index (χ1) is 11.2. The number of para-hydroxylation sites is 1. The minimum Gasteiger partial charge on any atom is -0.487 e. The van der Waals surface area contributed by atoms with Gasteiger partial charge in [-0.25, -0.2) is 4.79 Å². The SMILES string of the molecule is O=C(NCCO)NCc1ccccc1COc1ccccc1Cl. The number of carbonyl (C=O) groups is 1. The molecule has 0 aromatic heterocycles. The molecule has 0 saturated heterocycles. The van der Waals surface area contributed by atoms with Crippen LogP contribution in [0.4, 0.5) is 4.79 Å². The molecule has 3 N–H and O–H groups in total. The molecule has 0 bridgehead atoms. The third-order valence-corrected chi connectivity index (χ3v) is 3.49. The van der Waals surface area contributed by atoms with E-state index in [1.54, 1.807) is 6.07 Å². The summed E-state index contributed by atoms with van der Waals surface area (Å²) in [6.07, 6.45) is 0. The number of benzene rings is 2. The van der Waals surface area contributed by atoms with E-state index in [-0.39, 0.29) is 19.2 Å². The molecule has 5 nitrogen and oxygen atoms in total. The molecular formula is C17H19ClN2O3. The standard InChI is InChI=1S/C17H19ClN2O3/c18-15-7-3-4-8-16(15)23-12-14-6-2-1-5-13(14)11-20-17(22)19-9-10-21/h1-8,21H,9-12H2,(H2,19,20,22). The van der Waals surface area contributed by atoms with E-state index in [0.29, 0.717) is 23.9 Å². The van der Waals surface area contributed by atoms with Gasteiger partial charge in [-0.3, -0.25) is 0 Å². The molecule has 0 atom stereocenters. The van der Waals surface area contributed by atoms with Crippen molar-refractivity contribution in [3.63, 3.8) is 0 Å². The predicted molar refractivity (Wildman–Crippen MR) is 89.6 cm³/mol. The van der Waals surface area contributed by atoms with E-state index in [1.165, 1.54) is 0 Å². The Morgan fingerprint density at radius 1 is 1.04 bits per heavy atom. The van der Waals surface area contributed by atoms with Crippen molar-refractivity contribution in [1.82, 2.24) is 10.6 Å². The van der Waals surface area contributed by atoms with Crippen LogP contribution in [0.2, 0.25) is 5.02 Å². The van der Waals surface area contributed by atoms with Gasteiger partial charge in [-0.15, -0.1) is 0 Å². The molecule has 2 aromatic rings. The molecule has 2 amide bonds. The minimum atomic E-state index is -0.319.